The molecule has 1 aromatic carbocycles. The van der Waals surface area contributed by atoms with Gasteiger partial charge in [-0.2, -0.15) is 11.8 Å². The Morgan fingerprint density at radius 2 is 2.00 bits per heavy atom. The molecule has 1 aromatic rings. The fourth-order valence-electron chi connectivity index (χ4n) is 2.15. The number of methoxy groups -OCH3 is 1. The molecule has 0 aliphatic carbocycles. The van der Waals surface area contributed by atoms with Crippen LogP contribution in [0.15, 0.2) is 18.2 Å². The van der Waals surface area contributed by atoms with E-state index in [0.29, 0.717) is 10.8 Å². The first kappa shape index (κ1) is 20.6. The average molecular weight is 379 g/mol. The predicted octanol–water partition coefficient (Wildman–Crippen LogP) is 4.75. The van der Waals surface area contributed by atoms with Gasteiger partial charge in [0.25, 0.3) is 0 Å². The third kappa shape index (κ3) is 9.46. The SMILES string of the molecule is COC(=O)CC(O)CSCCCCCCc1ccc(Cl)cc1Cl. The number of ether oxygens (including phenoxy) is 1. The van der Waals surface area contributed by atoms with Crippen LogP contribution in [-0.4, -0.2) is 35.8 Å². The lowest BCUT2D eigenvalue weighted by atomic mass is 10.1. The van der Waals surface area contributed by atoms with Crippen LogP contribution in [0.4, 0.5) is 0 Å². The van der Waals surface area contributed by atoms with Crippen molar-refractivity contribution in [3.05, 3.63) is 33.8 Å². The zero-order valence-corrected chi connectivity index (χ0v) is 15.7. The lowest BCUT2D eigenvalue weighted by molar-refractivity contribution is -0.142. The average Bonchev–Trinajstić information content (AvgIpc) is 2.51. The summed E-state index contributed by atoms with van der Waals surface area (Å²) in [6.45, 7) is 0. The van der Waals surface area contributed by atoms with E-state index in [4.69, 9.17) is 23.2 Å². The van der Waals surface area contributed by atoms with E-state index >= 15 is 0 Å². The predicted molar refractivity (Wildman–Crippen MR) is 98.6 cm³/mol. The Morgan fingerprint density at radius 3 is 2.70 bits per heavy atom. The number of unbranched alkanes of at least 4 members (excludes halogenated alkanes) is 3. The van der Waals surface area contributed by atoms with E-state index in [1.165, 1.54) is 7.11 Å². The number of carbonyl (C=O) groups excluding carboxylic acids is 1. The molecule has 0 aliphatic rings. The number of rotatable bonds is 11. The van der Waals surface area contributed by atoms with Crippen molar-refractivity contribution in [1.29, 1.82) is 0 Å². The standard InChI is InChI=1S/C17H24Cl2O3S/c1-22-17(21)11-15(20)12-23-9-5-3-2-4-6-13-7-8-14(18)10-16(13)19/h7-8,10,15,20H,2-6,9,11-12H2,1H3. The minimum absolute atomic E-state index is 0.0748. The van der Waals surface area contributed by atoms with Crippen molar-refractivity contribution in [2.75, 3.05) is 18.6 Å². The Balaban J connectivity index is 2.00. The van der Waals surface area contributed by atoms with Crippen LogP contribution >= 0.6 is 35.0 Å². The van der Waals surface area contributed by atoms with E-state index < -0.39 is 6.10 Å². The van der Waals surface area contributed by atoms with Crippen LogP contribution < -0.4 is 0 Å². The number of carbonyl (C=O) groups is 1. The molecule has 0 spiro atoms. The second kappa shape index (κ2) is 12.0. The van der Waals surface area contributed by atoms with Crippen molar-refractivity contribution >= 4 is 40.9 Å². The van der Waals surface area contributed by atoms with Crippen molar-refractivity contribution in [2.24, 2.45) is 0 Å². The van der Waals surface area contributed by atoms with Gasteiger partial charge in [0.15, 0.2) is 0 Å². The molecule has 0 aliphatic heterocycles. The van der Waals surface area contributed by atoms with E-state index in [1.807, 2.05) is 12.1 Å². The molecule has 3 nitrogen and oxygen atoms in total. The van der Waals surface area contributed by atoms with E-state index in [1.54, 1.807) is 17.8 Å². The van der Waals surface area contributed by atoms with Crippen molar-refractivity contribution in [3.8, 4) is 0 Å². The highest BCUT2D eigenvalue weighted by atomic mass is 35.5. The number of aliphatic hydroxyl groups excluding tert-OH is 1. The van der Waals surface area contributed by atoms with Crippen LogP contribution in [-0.2, 0) is 16.0 Å². The van der Waals surface area contributed by atoms with Gasteiger partial charge in [-0.3, -0.25) is 4.79 Å². The van der Waals surface area contributed by atoms with Crippen LogP contribution in [0, 0.1) is 0 Å². The molecule has 0 heterocycles. The van der Waals surface area contributed by atoms with Crippen LogP contribution in [0.1, 0.15) is 37.7 Å². The largest absolute Gasteiger partial charge is 0.469 e. The van der Waals surface area contributed by atoms with Crippen molar-refractivity contribution in [2.45, 2.75) is 44.6 Å². The normalized spacial score (nSPS) is 12.2. The first-order valence-electron chi connectivity index (χ1n) is 7.79. The van der Waals surface area contributed by atoms with Gasteiger partial charge in [-0.05, 0) is 42.7 Å². The Morgan fingerprint density at radius 1 is 1.26 bits per heavy atom. The Hall–Kier alpha value is -0.420. The summed E-state index contributed by atoms with van der Waals surface area (Å²) in [7, 11) is 1.33. The van der Waals surface area contributed by atoms with Crippen molar-refractivity contribution in [3.63, 3.8) is 0 Å². The first-order valence-corrected chi connectivity index (χ1v) is 9.70. The number of thioether (sulfide) groups is 1. The van der Waals surface area contributed by atoms with Gasteiger partial charge in [0.1, 0.15) is 0 Å². The Bertz CT molecular complexity index is 483. The zero-order chi connectivity index (χ0) is 17.1. The maximum Gasteiger partial charge on any atom is 0.308 e. The number of hydrogen-bond acceptors (Lipinski definition) is 4. The molecule has 0 fully saturated rings. The fraction of sp³-hybridized carbons (Fsp3) is 0.588. The summed E-state index contributed by atoms with van der Waals surface area (Å²) in [4.78, 5) is 11.0. The molecular formula is C17H24Cl2O3S. The zero-order valence-electron chi connectivity index (χ0n) is 13.4. The minimum Gasteiger partial charge on any atom is -0.469 e. The van der Waals surface area contributed by atoms with Crippen LogP contribution in [0.3, 0.4) is 0 Å². The third-order valence-electron chi connectivity index (χ3n) is 3.44. The molecule has 1 unspecified atom stereocenters. The van der Waals surface area contributed by atoms with Gasteiger partial charge < -0.3 is 9.84 Å². The van der Waals surface area contributed by atoms with Gasteiger partial charge in [0, 0.05) is 15.8 Å². The van der Waals surface area contributed by atoms with Crippen LogP contribution in [0.25, 0.3) is 0 Å². The molecule has 1 N–H and O–H groups in total. The molecule has 0 aromatic heterocycles. The fourth-order valence-corrected chi connectivity index (χ4v) is 3.62. The molecule has 1 rings (SSSR count). The molecule has 23 heavy (non-hydrogen) atoms. The molecular weight excluding hydrogens is 355 g/mol. The topological polar surface area (TPSA) is 46.5 Å². The summed E-state index contributed by atoms with van der Waals surface area (Å²) in [6.07, 6.45) is 4.97. The monoisotopic (exact) mass is 378 g/mol. The molecule has 0 saturated carbocycles. The lowest BCUT2D eigenvalue weighted by Crippen LogP contribution is -2.17. The highest BCUT2D eigenvalue weighted by Gasteiger charge is 2.10. The summed E-state index contributed by atoms with van der Waals surface area (Å²) < 4.78 is 4.52. The molecule has 0 amide bonds. The summed E-state index contributed by atoms with van der Waals surface area (Å²) in [5.41, 5.74) is 1.15. The highest BCUT2D eigenvalue weighted by Crippen LogP contribution is 2.22. The number of hydrogen-bond donors (Lipinski definition) is 1. The van der Waals surface area contributed by atoms with Gasteiger partial charge in [-0.25, -0.2) is 0 Å². The van der Waals surface area contributed by atoms with Crippen molar-refractivity contribution in [1.82, 2.24) is 0 Å². The summed E-state index contributed by atoms with van der Waals surface area (Å²) >= 11 is 13.7. The van der Waals surface area contributed by atoms with Crippen molar-refractivity contribution < 1.29 is 14.6 Å². The van der Waals surface area contributed by atoms with E-state index in [2.05, 4.69) is 4.74 Å². The van der Waals surface area contributed by atoms with E-state index in [9.17, 15) is 9.90 Å². The number of halogens is 2. The maximum atomic E-state index is 11.0. The molecule has 130 valence electrons. The van der Waals surface area contributed by atoms with Crippen LogP contribution in [0.5, 0.6) is 0 Å². The number of aryl methyl sites for hydroxylation is 1. The summed E-state index contributed by atoms with van der Waals surface area (Å²) in [5, 5.41) is 11.0. The Kier molecular flexibility index (Phi) is 10.8. The van der Waals surface area contributed by atoms with E-state index in [0.717, 1.165) is 48.4 Å². The summed E-state index contributed by atoms with van der Waals surface area (Å²) in [6, 6.07) is 5.65. The van der Waals surface area contributed by atoms with Gasteiger partial charge >= 0.3 is 5.97 Å². The number of benzene rings is 1. The lowest BCUT2D eigenvalue weighted by Gasteiger charge is -2.08. The quantitative estimate of drug-likeness (QED) is 0.445. The summed E-state index contributed by atoms with van der Waals surface area (Å²) in [5.74, 6) is 1.22. The smallest absolute Gasteiger partial charge is 0.308 e. The molecule has 1 atom stereocenters. The van der Waals surface area contributed by atoms with E-state index in [-0.39, 0.29) is 12.4 Å². The first-order chi connectivity index (χ1) is 11.0. The molecule has 0 radical (unpaired) electrons. The van der Waals surface area contributed by atoms with Gasteiger partial charge in [-0.15, -0.1) is 0 Å². The number of aliphatic hydroxyl groups is 1. The van der Waals surface area contributed by atoms with Gasteiger partial charge in [0.05, 0.1) is 19.6 Å². The maximum absolute atomic E-state index is 11.0. The van der Waals surface area contributed by atoms with Gasteiger partial charge in [0.2, 0.25) is 0 Å². The Labute approximate surface area is 152 Å². The molecule has 0 bridgehead atoms. The van der Waals surface area contributed by atoms with Gasteiger partial charge in [-0.1, -0.05) is 42.1 Å². The second-order valence-corrected chi connectivity index (χ2v) is 7.40. The molecule has 6 heteroatoms. The highest BCUT2D eigenvalue weighted by molar-refractivity contribution is 7.99. The third-order valence-corrected chi connectivity index (χ3v) is 5.22. The second-order valence-electron chi connectivity index (χ2n) is 5.41. The number of esters is 1. The molecule has 0 saturated heterocycles. The minimum atomic E-state index is -0.612. The van der Waals surface area contributed by atoms with Crippen LogP contribution in [0.2, 0.25) is 10.0 Å².